The molecular weight excluding hydrogens is 553 g/mol. The summed E-state index contributed by atoms with van der Waals surface area (Å²) in [6.07, 6.45) is 7.39. The number of hydrogen-bond donors (Lipinski definition) is 1. The fourth-order valence-corrected chi connectivity index (χ4v) is 3.14. The Balaban J connectivity index is 0.000000186. The van der Waals surface area contributed by atoms with Gasteiger partial charge in [-0.25, -0.2) is 9.78 Å². The van der Waals surface area contributed by atoms with E-state index in [2.05, 4.69) is 54.0 Å². The molecule has 5 heteroatoms. The zero-order valence-corrected chi connectivity index (χ0v) is 18.3. The van der Waals surface area contributed by atoms with Crippen molar-refractivity contribution in [3.63, 3.8) is 0 Å². The fourth-order valence-electron chi connectivity index (χ4n) is 3.14. The van der Waals surface area contributed by atoms with Crippen LogP contribution in [0.3, 0.4) is 0 Å². The summed E-state index contributed by atoms with van der Waals surface area (Å²) in [5.74, 6) is -1.01. The van der Waals surface area contributed by atoms with Gasteiger partial charge in [-0.3, -0.25) is 4.98 Å². The van der Waals surface area contributed by atoms with Crippen LogP contribution in [0.15, 0.2) is 73.4 Å². The second kappa shape index (κ2) is 9.40. The molecule has 4 nitrogen and oxygen atoms in total. The fraction of sp³-hybridized carbons (Fsp3) is 0. The van der Waals surface area contributed by atoms with Gasteiger partial charge in [-0.05, 0) is 34.5 Å². The van der Waals surface area contributed by atoms with E-state index >= 15 is 0 Å². The third-order valence-corrected chi connectivity index (χ3v) is 4.57. The van der Waals surface area contributed by atoms with Gasteiger partial charge in [0.2, 0.25) is 0 Å². The Hall–Kier alpha value is -3.40. The average molecular weight is 570 g/mol. The SMILES string of the molecule is C=Cc1ccc(C(=O)O)nc1.[Ir].[c-]1ccccc1-c1cc2c3c(cccc3n1)C=C2. The minimum Gasteiger partial charge on any atom is -0.477 e. The Labute approximate surface area is 188 Å². The molecule has 1 aliphatic rings. The zero-order chi connectivity index (χ0) is 20.2. The molecule has 0 unspecified atom stereocenters. The van der Waals surface area contributed by atoms with Crippen molar-refractivity contribution in [1.29, 1.82) is 0 Å². The number of carboxylic acids is 1. The molecule has 2 heterocycles. The molecule has 0 saturated carbocycles. The summed E-state index contributed by atoms with van der Waals surface area (Å²) in [5.41, 5.74) is 6.47. The van der Waals surface area contributed by atoms with E-state index < -0.39 is 5.97 Å². The van der Waals surface area contributed by atoms with Gasteiger partial charge >= 0.3 is 5.97 Å². The Morgan fingerprint density at radius 3 is 2.53 bits per heavy atom. The number of carboxylic acid groups (broad SMARTS) is 1. The van der Waals surface area contributed by atoms with Crippen molar-refractivity contribution in [2.75, 3.05) is 0 Å². The molecule has 0 saturated heterocycles. The second-order valence-electron chi connectivity index (χ2n) is 6.43. The first-order chi connectivity index (χ1) is 14.2. The van der Waals surface area contributed by atoms with Crippen molar-refractivity contribution in [1.82, 2.24) is 9.97 Å². The molecule has 5 rings (SSSR count). The van der Waals surface area contributed by atoms with Crippen LogP contribution in [0.4, 0.5) is 0 Å². The maximum absolute atomic E-state index is 10.3. The van der Waals surface area contributed by atoms with Crippen LogP contribution >= 0.6 is 0 Å². The van der Waals surface area contributed by atoms with E-state index in [0.717, 1.165) is 22.3 Å². The van der Waals surface area contributed by atoms with Crippen LogP contribution in [0.5, 0.6) is 0 Å². The van der Waals surface area contributed by atoms with Crippen molar-refractivity contribution in [2.24, 2.45) is 0 Å². The molecular formula is C25H17IrN2O2-. The van der Waals surface area contributed by atoms with Crippen LogP contribution < -0.4 is 0 Å². The predicted octanol–water partition coefficient (Wildman–Crippen LogP) is 5.61. The first-order valence-corrected chi connectivity index (χ1v) is 9.06. The molecule has 0 aliphatic heterocycles. The van der Waals surface area contributed by atoms with Crippen LogP contribution in [0.2, 0.25) is 0 Å². The van der Waals surface area contributed by atoms with Crippen molar-refractivity contribution in [3.8, 4) is 11.3 Å². The van der Waals surface area contributed by atoms with Gasteiger partial charge in [0.15, 0.2) is 0 Å². The smallest absolute Gasteiger partial charge is 0.354 e. The summed E-state index contributed by atoms with van der Waals surface area (Å²) in [7, 11) is 0. The summed E-state index contributed by atoms with van der Waals surface area (Å²) >= 11 is 0. The van der Waals surface area contributed by atoms with Crippen molar-refractivity contribution in [2.45, 2.75) is 0 Å². The normalized spacial score (nSPS) is 10.7. The van der Waals surface area contributed by atoms with Gasteiger partial charge in [-0.1, -0.05) is 49.1 Å². The van der Waals surface area contributed by atoms with Gasteiger partial charge in [0.05, 0.1) is 5.52 Å². The summed E-state index contributed by atoms with van der Waals surface area (Å²) in [6.45, 7) is 3.52. The van der Waals surface area contributed by atoms with Gasteiger partial charge < -0.3 is 5.11 Å². The van der Waals surface area contributed by atoms with Crippen LogP contribution in [-0.2, 0) is 20.1 Å². The largest absolute Gasteiger partial charge is 0.477 e. The summed E-state index contributed by atoms with van der Waals surface area (Å²) in [6, 6.07) is 22.7. The molecule has 1 radical (unpaired) electrons. The summed E-state index contributed by atoms with van der Waals surface area (Å²) in [5, 5.41) is 9.72. The number of nitrogens with zero attached hydrogens (tertiary/aromatic N) is 2. The molecule has 1 aliphatic carbocycles. The van der Waals surface area contributed by atoms with Gasteiger partial charge in [0.25, 0.3) is 0 Å². The summed E-state index contributed by atoms with van der Waals surface area (Å²) < 4.78 is 0. The van der Waals surface area contributed by atoms with Crippen LogP contribution in [0, 0.1) is 6.07 Å². The third-order valence-electron chi connectivity index (χ3n) is 4.57. The van der Waals surface area contributed by atoms with Gasteiger partial charge in [0.1, 0.15) is 5.69 Å². The molecule has 0 fully saturated rings. The van der Waals surface area contributed by atoms with E-state index in [0.29, 0.717) is 0 Å². The molecule has 30 heavy (non-hydrogen) atoms. The Morgan fingerprint density at radius 2 is 1.87 bits per heavy atom. The first-order valence-electron chi connectivity index (χ1n) is 9.06. The van der Waals surface area contributed by atoms with Gasteiger partial charge in [-0.2, -0.15) is 0 Å². The maximum atomic E-state index is 10.3. The van der Waals surface area contributed by atoms with E-state index in [-0.39, 0.29) is 25.8 Å². The Bertz CT molecular complexity index is 1230. The van der Waals surface area contributed by atoms with Crippen LogP contribution in [0.25, 0.3) is 40.4 Å². The number of rotatable bonds is 3. The molecule has 0 atom stereocenters. The number of carbonyl (C=O) groups is 1. The molecule has 0 spiro atoms. The van der Waals surface area contributed by atoms with Crippen molar-refractivity contribution >= 4 is 35.1 Å². The van der Waals surface area contributed by atoms with Crippen molar-refractivity contribution < 1.29 is 30.0 Å². The van der Waals surface area contributed by atoms with E-state index in [4.69, 9.17) is 10.1 Å². The van der Waals surface area contributed by atoms with Crippen LogP contribution in [0.1, 0.15) is 27.2 Å². The minimum atomic E-state index is -1.01. The first kappa shape index (κ1) is 21.3. The molecule has 2 aromatic heterocycles. The maximum Gasteiger partial charge on any atom is 0.354 e. The number of aromatic carboxylic acids is 1. The number of pyridine rings is 2. The minimum absolute atomic E-state index is 0. The molecule has 149 valence electrons. The van der Waals surface area contributed by atoms with Crippen molar-refractivity contribution in [3.05, 3.63) is 102 Å². The molecule has 1 N–H and O–H groups in total. The molecule has 0 amide bonds. The van der Waals surface area contributed by atoms with E-state index in [9.17, 15) is 4.79 Å². The van der Waals surface area contributed by atoms with Gasteiger partial charge in [-0.15, -0.1) is 35.9 Å². The number of aromatic nitrogens is 2. The standard InChI is InChI=1S/C17H10N.C8H7NO2.Ir/c1-2-5-12(6-3-1)16-11-14-10-9-13-7-4-8-15(18-16)17(13)14;1-2-6-3-4-7(8(10)11)9-5-6;/h1-5,7-11H;2-5H,1H2,(H,10,11);/q-1;;. The Kier molecular flexibility index (Phi) is 6.68. The van der Waals surface area contributed by atoms with Crippen LogP contribution in [-0.4, -0.2) is 21.0 Å². The van der Waals surface area contributed by atoms with E-state index in [1.54, 1.807) is 12.1 Å². The van der Waals surface area contributed by atoms with E-state index in [1.807, 2.05) is 24.3 Å². The molecule has 4 aromatic rings. The molecule has 0 bridgehead atoms. The summed E-state index contributed by atoms with van der Waals surface area (Å²) in [4.78, 5) is 18.7. The monoisotopic (exact) mass is 570 g/mol. The van der Waals surface area contributed by atoms with E-state index in [1.165, 1.54) is 28.8 Å². The number of benzene rings is 2. The second-order valence-corrected chi connectivity index (χ2v) is 6.43. The van der Waals surface area contributed by atoms with Gasteiger partial charge in [0, 0.05) is 31.7 Å². The quantitative estimate of drug-likeness (QED) is 0.287. The average Bonchev–Trinajstić information content (AvgIpc) is 3.19. The Morgan fingerprint density at radius 1 is 1.03 bits per heavy atom. The topological polar surface area (TPSA) is 63.1 Å². The third kappa shape index (κ3) is 4.43. The zero-order valence-electron chi connectivity index (χ0n) is 15.9. The molecule has 2 aromatic carbocycles. The number of hydrogen-bond acceptors (Lipinski definition) is 3. The predicted molar refractivity (Wildman–Crippen MR) is 116 cm³/mol.